The summed E-state index contributed by atoms with van der Waals surface area (Å²) in [6, 6.07) is 15.2. The lowest BCUT2D eigenvalue weighted by Crippen LogP contribution is -2.26. The van der Waals surface area contributed by atoms with E-state index in [2.05, 4.69) is 22.2 Å². The molecule has 6 nitrogen and oxygen atoms in total. The van der Waals surface area contributed by atoms with Crippen molar-refractivity contribution in [2.45, 2.75) is 56.6 Å². The minimum atomic E-state index is -3.15. The Morgan fingerprint density at radius 1 is 1.06 bits per heavy atom. The second-order valence-electron chi connectivity index (χ2n) is 8.63. The van der Waals surface area contributed by atoms with E-state index in [0.29, 0.717) is 23.9 Å². The Hall–Kier alpha value is -2.38. The van der Waals surface area contributed by atoms with E-state index in [9.17, 15) is 13.2 Å². The van der Waals surface area contributed by atoms with Gasteiger partial charge in [0.05, 0.1) is 4.90 Å². The van der Waals surface area contributed by atoms with E-state index in [1.165, 1.54) is 11.8 Å². The maximum atomic E-state index is 11.5. The van der Waals surface area contributed by atoms with Gasteiger partial charge in [-0.2, -0.15) is 0 Å². The Kier molecular flexibility index (Phi) is 9.07. The highest BCUT2D eigenvalue weighted by molar-refractivity contribution is 7.90. The van der Waals surface area contributed by atoms with Crippen LogP contribution in [0.4, 0.5) is 0 Å². The zero-order chi connectivity index (χ0) is 22.9. The topological polar surface area (TPSA) is 81.7 Å². The molecule has 1 aliphatic heterocycles. The van der Waals surface area contributed by atoms with Crippen molar-refractivity contribution in [3.05, 3.63) is 59.7 Å². The lowest BCUT2D eigenvalue weighted by Gasteiger charge is -2.23. The van der Waals surface area contributed by atoms with Crippen LogP contribution >= 0.6 is 0 Å². The van der Waals surface area contributed by atoms with Gasteiger partial charge < -0.3 is 14.8 Å². The third-order valence-electron chi connectivity index (χ3n) is 4.83. The number of ether oxygens (including phenoxy) is 2. The van der Waals surface area contributed by atoms with E-state index in [1.807, 2.05) is 32.9 Å². The molecule has 0 atom stereocenters. The number of hydrogen-bond acceptors (Lipinski definition) is 6. The highest BCUT2D eigenvalue weighted by Gasteiger charge is 2.15. The lowest BCUT2D eigenvalue weighted by atomic mass is 9.90. The van der Waals surface area contributed by atoms with Gasteiger partial charge in [-0.3, -0.25) is 4.79 Å². The van der Waals surface area contributed by atoms with Crippen molar-refractivity contribution >= 4 is 16.3 Å². The fourth-order valence-electron chi connectivity index (χ4n) is 3.16. The fraction of sp³-hybridized carbons (Fsp3) is 0.458. The van der Waals surface area contributed by atoms with Crippen molar-refractivity contribution in [1.29, 1.82) is 0 Å². The predicted molar refractivity (Wildman–Crippen MR) is 122 cm³/mol. The molecule has 0 aliphatic carbocycles. The van der Waals surface area contributed by atoms with Gasteiger partial charge in [-0.05, 0) is 88.0 Å². The number of sulfone groups is 1. The monoisotopic (exact) mass is 447 g/mol. The van der Waals surface area contributed by atoms with E-state index in [4.69, 9.17) is 4.74 Å². The molecule has 0 saturated carbocycles. The van der Waals surface area contributed by atoms with Crippen LogP contribution in [0.1, 0.15) is 50.7 Å². The molecule has 0 unspecified atom stereocenters. The Bertz CT molecular complexity index is 927. The number of piperidine rings is 1. The number of hydrogen-bond donors (Lipinski definition) is 1. The summed E-state index contributed by atoms with van der Waals surface area (Å²) in [7, 11) is -3.15. The quantitative estimate of drug-likeness (QED) is 0.672. The van der Waals surface area contributed by atoms with Crippen molar-refractivity contribution in [3.63, 3.8) is 0 Å². The summed E-state index contributed by atoms with van der Waals surface area (Å²) in [6.07, 6.45) is 3.54. The van der Waals surface area contributed by atoms with Gasteiger partial charge >= 0.3 is 0 Å². The van der Waals surface area contributed by atoms with Crippen molar-refractivity contribution in [2.75, 3.05) is 19.3 Å². The average Bonchev–Trinajstić information content (AvgIpc) is 2.72. The molecular formula is C24H33NO5S. The molecule has 1 N–H and O–H groups in total. The highest BCUT2D eigenvalue weighted by Crippen LogP contribution is 2.28. The molecular weight excluding hydrogens is 414 g/mol. The van der Waals surface area contributed by atoms with E-state index in [0.717, 1.165) is 37.2 Å². The smallest absolute Gasteiger partial charge is 0.293 e. The molecule has 1 aliphatic rings. The second-order valence-corrected chi connectivity index (χ2v) is 10.6. The van der Waals surface area contributed by atoms with E-state index < -0.39 is 9.84 Å². The summed E-state index contributed by atoms with van der Waals surface area (Å²) >= 11 is 0. The summed E-state index contributed by atoms with van der Waals surface area (Å²) in [5, 5.41) is 3.39. The SMILES string of the molecule is CC(C)(C)OC=O.CS(=O)(=O)c1ccc(COc2cccc(C3CCNCC3)c2)cc1. The van der Waals surface area contributed by atoms with E-state index in [1.54, 1.807) is 24.3 Å². The molecule has 3 rings (SSSR count). The molecule has 0 amide bonds. The first-order chi connectivity index (χ1) is 14.6. The van der Waals surface area contributed by atoms with Crippen molar-refractivity contribution in [2.24, 2.45) is 0 Å². The molecule has 1 heterocycles. The maximum Gasteiger partial charge on any atom is 0.293 e. The molecule has 7 heteroatoms. The molecule has 2 aromatic rings. The predicted octanol–water partition coefficient (Wildman–Crippen LogP) is 4.09. The zero-order valence-electron chi connectivity index (χ0n) is 18.8. The molecule has 1 fully saturated rings. The van der Waals surface area contributed by atoms with Crippen LogP contribution < -0.4 is 10.1 Å². The fourth-order valence-corrected chi connectivity index (χ4v) is 3.79. The Morgan fingerprint density at radius 2 is 1.71 bits per heavy atom. The molecule has 0 bridgehead atoms. The third kappa shape index (κ3) is 9.11. The first-order valence-electron chi connectivity index (χ1n) is 10.4. The molecule has 0 spiro atoms. The van der Waals surface area contributed by atoms with Crippen molar-refractivity contribution in [3.8, 4) is 5.75 Å². The Balaban J connectivity index is 0.000000423. The van der Waals surface area contributed by atoms with Gasteiger partial charge in [0, 0.05) is 6.26 Å². The van der Waals surface area contributed by atoms with Crippen LogP contribution in [0.5, 0.6) is 5.75 Å². The van der Waals surface area contributed by atoms with Gasteiger partial charge in [-0.25, -0.2) is 8.42 Å². The molecule has 1 saturated heterocycles. The number of nitrogens with one attached hydrogen (secondary N) is 1. The summed E-state index contributed by atoms with van der Waals surface area (Å²) in [5.41, 5.74) is 1.97. The Morgan fingerprint density at radius 3 is 2.23 bits per heavy atom. The van der Waals surface area contributed by atoms with Gasteiger partial charge in [0.1, 0.15) is 18.0 Å². The van der Waals surface area contributed by atoms with Crippen LogP contribution in [0, 0.1) is 0 Å². The van der Waals surface area contributed by atoms with Crippen LogP contribution in [0.3, 0.4) is 0 Å². The molecule has 2 aromatic carbocycles. The third-order valence-corrected chi connectivity index (χ3v) is 5.96. The van der Waals surface area contributed by atoms with Crippen LogP contribution in [0.25, 0.3) is 0 Å². The average molecular weight is 448 g/mol. The first kappa shape index (κ1) is 24.9. The normalized spacial score (nSPS) is 14.8. The van der Waals surface area contributed by atoms with E-state index >= 15 is 0 Å². The zero-order valence-corrected chi connectivity index (χ0v) is 19.6. The van der Waals surface area contributed by atoms with Crippen molar-refractivity contribution < 1.29 is 22.7 Å². The molecule has 0 radical (unpaired) electrons. The molecule has 0 aromatic heterocycles. The number of carbonyl (C=O) groups excluding carboxylic acids is 1. The minimum absolute atomic E-state index is 0.318. The van der Waals surface area contributed by atoms with Crippen molar-refractivity contribution in [1.82, 2.24) is 5.32 Å². The van der Waals surface area contributed by atoms with Crippen LogP contribution in [0.15, 0.2) is 53.4 Å². The maximum absolute atomic E-state index is 11.5. The van der Waals surface area contributed by atoms with Crippen LogP contribution in [-0.4, -0.2) is 39.8 Å². The highest BCUT2D eigenvalue weighted by atomic mass is 32.2. The van der Waals surface area contributed by atoms with E-state index in [-0.39, 0.29) is 5.60 Å². The van der Waals surface area contributed by atoms with Gasteiger partial charge in [-0.15, -0.1) is 0 Å². The van der Waals surface area contributed by atoms with Crippen LogP contribution in [-0.2, 0) is 26.0 Å². The lowest BCUT2D eigenvalue weighted by molar-refractivity contribution is -0.138. The summed E-state index contributed by atoms with van der Waals surface area (Å²) < 4.78 is 33.4. The summed E-state index contributed by atoms with van der Waals surface area (Å²) in [5.74, 6) is 1.46. The second kappa shape index (κ2) is 11.3. The first-order valence-corrected chi connectivity index (χ1v) is 12.3. The van der Waals surface area contributed by atoms with Gasteiger partial charge in [0.2, 0.25) is 0 Å². The largest absolute Gasteiger partial charge is 0.489 e. The number of benzene rings is 2. The van der Waals surface area contributed by atoms with Gasteiger partial charge in [0.25, 0.3) is 6.47 Å². The van der Waals surface area contributed by atoms with Crippen LogP contribution in [0.2, 0.25) is 0 Å². The number of rotatable bonds is 6. The summed E-state index contributed by atoms with van der Waals surface area (Å²) in [6.45, 7) is 8.49. The number of carbonyl (C=O) groups is 1. The molecule has 170 valence electrons. The standard InChI is InChI=1S/C19H23NO3S.C5H10O2/c1-24(21,22)19-7-5-15(6-8-19)14-23-18-4-2-3-17(13-18)16-9-11-20-12-10-16;1-5(2,3)7-4-6/h2-8,13,16,20H,9-12,14H2,1H3;4H,1-3H3. The minimum Gasteiger partial charge on any atom is -0.489 e. The van der Waals surface area contributed by atoms with Gasteiger partial charge in [0.15, 0.2) is 9.84 Å². The molecule has 31 heavy (non-hydrogen) atoms. The Labute approximate surface area is 185 Å². The van der Waals surface area contributed by atoms with Gasteiger partial charge in [-0.1, -0.05) is 24.3 Å². The summed E-state index contributed by atoms with van der Waals surface area (Å²) in [4.78, 5) is 9.93.